The highest BCUT2D eigenvalue weighted by Gasteiger charge is 2.30. The molecule has 128 valence electrons. The van der Waals surface area contributed by atoms with Crippen molar-refractivity contribution in [2.24, 2.45) is 0 Å². The van der Waals surface area contributed by atoms with Gasteiger partial charge in [-0.05, 0) is 45.7 Å². The highest BCUT2D eigenvalue weighted by Crippen LogP contribution is 2.39. The standard InChI is InChI=1S/C17H22N4O2S/c1-4-23-15-8-6-5-7-14(15)18-16(22)11(2)24-17-20-19-12(3)21(17)13-9-10-13/h5-8,11,13H,4,9-10H2,1-3H3,(H,18,22)/t11-/m1/s1. The van der Waals surface area contributed by atoms with Gasteiger partial charge >= 0.3 is 0 Å². The van der Waals surface area contributed by atoms with E-state index in [-0.39, 0.29) is 11.2 Å². The SMILES string of the molecule is CCOc1ccccc1NC(=O)[C@@H](C)Sc1nnc(C)n1C1CC1. The summed E-state index contributed by atoms with van der Waals surface area (Å²) in [4.78, 5) is 12.5. The number of carbonyl (C=O) groups is 1. The van der Waals surface area contributed by atoms with Crippen LogP contribution in [-0.2, 0) is 4.79 Å². The van der Waals surface area contributed by atoms with Crippen LogP contribution in [0.2, 0.25) is 0 Å². The predicted octanol–water partition coefficient (Wildman–Crippen LogP) is 3.44. The van der Waals surface area contributed by atoms with Crippen LogP contribution in [0.5, 0.6) is 5.75 Å². The molecule has 1 heterocycles. The highest BCUT2D eigenvalue weighted by atomic mass is 32.2. The van der Waals surface area contributed by atoms with Crippen LogP contribution in [0.3, 0.4) is 0 Å². The number of aryl methyl sites for hydroxylation is 1. The van der Waals surface area contributed by atoms with Crippen molar-refractivity contribution in [2.75, 3.05) is 11.9 Å². The molecule has 3 rings (SSSR count). The molecule has 0 saturated heterocycles. The van der Waals surface area contributed by atoms with Gasteiger partial charge in [0.25, 0.3) is 0 Å². The Balaban J connectivity index is 1.67. The fourth-order valence-electron chi connectivity index (χ4n) is 2.48. The molecule has 0 radical (unpaired) electrons. The topological polar surface area (TPSA) is 69.0 Å². The molecule has 1 N–H and O–H groups in total. The molecule has 2 aromatic rings. The second-order valence-corrected chi connectivity index (χ2v) is 7.12. The molecule has 1 aromatic heterocycles. The third-order valence-electron chi connectivity index (χ3n) is 3.84. The molecule has 1 fully saturated rings. The number of amides is 1. The lowest BCUT2D eigenvalue weighted by molar-refractivity contribution is -0.115. The van der Waals surface area contributed by atoms with Crippen molar-refractivity contribution < 1.29 is 9.53 Å². The van der Waals surface area contributed by atoms with E-state index in [1.165, 1.54) is 11.8 Å². The number of nitrogens with zero attached hydrogens (tertiary/aromatic N) is 3. The molecule has 1 atom stereocenters. The Bertz CT molecular complexity index is 727. The van der Waals surface area contributed by atoms with Gasteiger partial charge < -0.3 is 14.6 Å². The molecule has 7 heteroatoms. The summed E-state index contributed by atoms with van der Waals surface area (Å²) in [5.74, 6) is 1.52. The molecule has 1 saturated carbocycles. The van der Waals surface area contributed by atoms with Gasteiger partial charge in [-0.1, -0.05) is 23.9 Å². The van der Waals surface area contributed by atoms with E-state index in [4.69, 9.17) is 4.74 Å². The number of hydrogen-bond donors (Lipinski definition) is 1. The van der Waals surface area contributed by atoms with Crippen molar-refractivity contribution in [2.45, 2.75) is 50.1 Å². The van der Waals surface area contributed by atoms with Crippen LogP contribution in [0.4, 0.5) is 5.69 Å². The lowest BCUT2D eigenvalue weighted by Crippen LogP contribution is -2.23. The predicted molar refractivity (Wildman–Crippen MR) is 94.6 cm³/mol. The minimum absolute atomic E-state index is 0.0739. The molecule has 0 spiro atoms. The maximum Gasteiger partial charge on any atom is 0.237 e. The Morgan fingerprint density at radius 2 is 2.17 bits per heavy atom. The van der Waals surface area contributed by atoms with Crippen LogP contribution in [0, 0.1) is 6.92 Å². The number of aromatic nitrogens is 3. The number of rotatable bonds is 7. The molecule has 0 bridgehead atoms. The van der Waals surface area contributed by atoms with Gasteiger partial charge in [0.05, 0.1) is 17.5 Å². The fourth-order valence-corrected chi connectivity index (χ4v) is 3.45. The van der Waals surface area contributed by atoms with Crippen LogP contribution < -0.4 is 10.1 Å². The van der Waals surface area contributed by atoms with Crippen molar-refractivity contribution in [1.82, 2.24) is 14.8 Å². The van der Waals surface area contributed by atoms with Gasteiger partial charge in [0, 0.05) is 6.04 Å². The van der Waals surface area contributed by atoms with Crippen LogP contribution in [-0.4, -0.2) is 32.5 Å². The number of anilines is 1. The molecule has 1 aromatic carbocycles. The van der Waals surface area contributed by atoms with Crippen LogP contribution in [0.1, 0.15) is 38.6 Å². The second-order valence-electron chi connectivity index (χ2n) is 5.81. The third kappa shape index (κ3) is 3.72. The fraction of sp³-hybridized carbons (Fsp3) is 0.471. The molecule has 1 amide bonds. The highest BCUT2D eigenvalue weighted by molar-refractivity contribution is 8.00. The quantitative estimate of drug-likeness (QED) is 0.778. The van der Waals surface area contributed by atoms with Gasteiger partial charge in [-0.25, -0.2) is 0 Å². The molecular weight excluding hydrogens is 324 g/mol. The van der Waals surface area contributed by atoms with Gasteiger partial charge in [-0.2, -0.15) is 0 Å². The van der Waals surface area contributed by atoms with Gasteiger partial charge in [0.1, 0.15) is 11.6 Å². The summed E-state index contributed by atoms with van der Waals surface area (Å²) in [6.07, 6.45) is 2.32. The lowest BCUT2D eigenvalue weighted by Gasteiger charge is -2.15. The van der Waals surface area contributed by atoms with Crippen LogP contribution >= 0.6 is 11.8 Å². The maximum atomic E-state index is 12.5. The molecule has 24 heavy (non-hydrogen) atoms. The Morgan fingerprint density at radius 3 is 2.88 bits per heavy atom. The summed E-state index contributed by atoms with van der Waals surface area (Å²) in [5, 5.41) is 11.9. The average molecular weight is 346 g/mol. The zero-order valence-corrected chi connectivity index (χ0v) is 15.0. The number of nitrogens with one attached hydrogen (secondary N) is 1. The second kappa shape index (κ2) is 7.25. The smallest absolute Gasteiger partial charge is 0.237 e. The summed E-state index contributed by atoms with van der Waals surface area (Å²) in [5.41, 5.74) is 0.691. The number of benzene rings is 1. The molecule has 1 aliphatic carbocycles. The summed E-state index contributed by atoms with van der Waals surface area (Å²) < 4.78 is 7.69. The monoisotopic (exact) mass is 346 g/mol. The van der Waals surface area contributed by atoms with Gasteiger partial charge in [0.2, 0.25) is 5.91 Å². The van der Waals surface area contributed by atoms with Crippen molar-refractivity contribution in [1.29, 1.82) is 0 Å². The van der Waals surface area contributed by atoms with E-state index in [1.807, 2.05) is 45.0 Å². The molecule has 1 aliphatic rings. The Kier molecular flexibility index (Phi) is 5.08. The lowest BCUT2D eigenvalue weighted by atomic mass is 10.3. The molecule has 6 nitrogen and oxygen atoms in total. The van der Waals surface area contributed by atoms with E-state index in [1.54, 1.807) is 0 Å². The summed E-state index contributed by atoms with van der Waals surface area (Å²) in [6.45, 7) is 6.31. The van der Waals surface area contributed by atoms with Gasteiger partial charge in [-0.15, -0.1) is 10.2 Å². The minimum Gasteiger partial charge on any atom is -0.492 e. The first kappa shape index (κ1) is 16.8. The number of para-hydroxylation sites is 2. The first-order valence-electron chi connectivity index (χ1n) is 8.21. The largest absolute Gasteiger partial charge is 0.492 e. The van der Waals surface area contributed by atoms with Crippen LogP contribution in [0.25, 0.3) is 0 Å². The first-order valence-corrected chi connectivity index (χ1v) is 9.09. The number of carbonyl (C=O) groups excluding carboxylic acids is 1. The number of ether oxygens (including phenoxy) is 1. The molecule has 0 aliphatic heterocycles. The van der Waals surface area contributed by atoms with E-state index in [0.29, 0.717) is 24.1 Å². The van der Waals surface area contributed by atoms with E-state index in [2.05, 4.69) is 20.1 Å². The first-order chi connectivity index (χ1) is 11.6. The molecular formula is C17H22N4O2S. The third-order valence-corrected chi connectivity index (χ3v) is 4.90. The normalized spacial score (nSPS) is 15.1. The van der Waals surface area contributed by atoms with Crippen LogP contribution in [0.15, 0.2) is 29.4 Å². The van der Waals surface area contributed by atoms with Gasteiger partial charge in [0.15, 0.2) is 5.16 Å². The maximum absolute atomic E-state index is 12.5. The Morgan fingerprint density at radius 1 is 1.42 bits per heavy atom. The van der Waals surface area contributed by atoms with E-state index < -0.39 is 0 Å². The zero-order chi connectivity index (χ0) is 17.1. The minimum atomic E-state index is -0.277. The van der Waals surface area contributed by atoms with Gasteiger partial charge in [-0.3, -0.25) is 4.79 Å². The van der Waals surface area contributed by atoms with E-state index >= 15 is 0 Å². The summed E-state index contributed by atoms with van der Waals surface area (Å²) >= 11 is 1.44. The molecule has 0 unspecified atom stereocenters. The van der Waals surface area contributed by atoms with Crippen molar-refractivity contribution in [3.05, 3.63) is 30.1 Å². The van der Waals surface area contributed by atoms with E-state index in [9.17, 15) is 4.79 Å². The Hall–Kier alpha value is -2.02. The summed E-state index contributed by atoms with van der Waals surface area (Å²) in [7, 11) is 0. The van der Waals surface area contributed by atoms with Crippen molar-refractivity contribution >= 4 is 23.4 Å². The Labute approximate surface area is 146 Å². The number of hydrogen-bond acceptors (Lipinski definition) is 5. The van der Waals surface area contributed by atoms with Crippen molar-refractivity contribution in [3.8, 4) is 5.75 Å². The number of thioether (sulfide) groups is 1. The zero-order valence-electron chi connectivity index (χ0n) is 14.2. The summed E-state index contributed by atoms with van der Waals surface area (Å²) in [6, 6.07) is 7.96. The van der Waals surface area contributed by atoms with Crippen molar-refractivity contribution in [3.63, 3.8) is 0 Å². The van der Waals surface area contributed by atoms with E-state index in [0.717, 1.165) is 23.8 Å². The average Bonchev–Trinajstić information content (AvgIpc) is 3.33.